The lowest BCUT2D eigenvalue weighted by Crippen LogP contribution is -2.29. The summed E-state index contributed by atoms with van der Waals surface area (Å²) in [5.41, 5.74) is 12.2. The number of rotatable bonds is 13. The number of nitrogens with zero attached hydrogens (tertiary/aromatic N) is 6. The van der Waals surface area contributed by atoms with E-state index in [0.717, 1.165) is 36.0 Å². The van der Waals surface area contributed by atoms with Gasteiger partial charge in [0.2, 0.25) is 0 Å². The number of pyridine rings is 1. The summed E-state index contributed by atoms with van der Waals surface area (Å²) in [6, 6.07) is 7.75. The Kier molecular flexibility index (Phi) is 7.97. The zero-order valence-electron chi connectivity index (χ0n) is 21.4. The molecule has 1 aliphatic carbocycles. The molecule has 0 radical (unpaired) electrons. The molecule has 0 aliphatic heterocycles. The molecule has 0 spiro atoms. The van der Waals surface area contributed by atoms with E-state index in [1.54, 1.807) is 10.7 Å². The van der Waals surface area contributed by atoms with Gasteiger partial charge in [-0.25, -0.2) is 9.67 Å². The molecular weight excluding hydrogens is 482 g/mol. The molecule has 1 saturated carbocycles. The number of benzene rings is 1. The first-order chi connectivity index (χ1) is 18.6. The number of nitrogens with one attached hydrogen (secondary N) is 2. The van der Waals surface area contributed by atoms with Gasteiger partial charge >= 0.3 is 0 Å². The van der Waals surface area contributed by atoms with E-state index in [2.05, 4.69) is 27.9 Å². The van der Waals surface area contributed by atoms with Gasteiger partial charge in [0.05, 0.1) is 31.6 Å². The number of nitrogens with two attached hydrogens (primary N) is 1. The highest BCUT2D eigenvalue weighted by molar-refractivity contribution is 5.96. The minimum Gasteiger partial charge on any atom is -0.398 e. The molecule has 11 heteroatoms. The molecule has 0 unspecified atom stereocenters. The van der Waals surface area contributed by atoms with Crippen molar-refractivity contribution in [2.75, 3.05) is 43.5 Å². The van der Waals surface area contributed by atoms with Gasteiger partial charge in [-0.1, -0.05) is 17.7 Å². The van der Waals surface area contributed by atoms with Crippen LogP contribution in [0.2, 0.25) is 0 Å². The molecule has 11 nitrogen and oxygen atoms in total. The lowest BCUT2D eigenvalue weighted by molar-refractivity contribution is 0.281. The van der Waals surface area contributed by atoms with Crippen LogP contribution in [0.3, 0.4) is 0 Å². The lowest BCUT2D eigenvalue weighted by atomic mass is 9.85. The van der Waals surface area contributed by atoms with Crippen molar-refractivity contribution in [3.05, 3.63) is 59.7 Å². The molecule has 1 fully saturated rings. The highest BCUT2D eigenvalue weighted by atomic mass is 16.3. The van der Waals surface area contributed by atoms with E-state index >= 15 is 0 Å². The minimum atomic E-state index is -0.0603. The maximum absolute atomic E-state index is 9.43. The van der Waals surface area contributed by atoms with Crippen LogP contribution in [0.5, 0.6) is 0 Å². The highest BCUT2D eigenvalue weighted by Crippen LogP contribution is 2.31. The zero-order valence-corrected chi connectivity index (χ0v) is 21.4. The predicted octanol–water partition coefficient (Wildman–Crippen LogP) is 1.90. The van der Waals surface area contributed by atoms with Gasteiger partial charge in [0.15, 0.2) is 0 Å². The van der Waals surface area contributed by atoms with Gasteiger partial charge in [-0.3, -0.25) is 0 Å². The van der Waals surface area contributed by atoms with E-state index in [-0.39, 0.29) is 13.2 Å². The average Bonchev–Trinajstić information content (AvgIpc) is 3.51. The summed E-state index contributed by atoms with van der Waals surface area (Å²) < 4.78 is 3.76. The normalized spacial score (nSPS) is 13.6. The number of aliphatic hydroxyl groups excluding tert-OH is 2. The highest BCUT2D eigenvalue weighted by Gasteiger charge is 2.17. The molecule has 0 atom stereocenters. The van der Waals surface area contributed by atoms with Crippen LogP contribution in [0.1, 0.15) is 36.1 Å². The van der Waals surface area contributed by atoms with Gasteiger partial charge in [0, 0.05) is 60.7 Å². The third-order valence-electron chi connectivity index (χ3n) is 7.13. The largest absolute Gasteiger partial charge is 0.398 e. The molecule has 5 rings (SSSR count). The third kappa shape index (κ3) is 5.69. The molecule has 200 valence electrons. The van der Waals surface area contributed by atoms with Gasteiger partial charge in [-0.05, 0) is 49.1 Å². The lowest BCUT2D eigenvalue weighted by Gasteiger charge is -2.25. The topological polar surface area (TPSA) is 154 Å². The number of imidazole rings is 1. The summed E-state index contributed by atoms with van der Waals surface area (Å²) in [6.45, 7) is 2.95. The predicted molar refractivity (Wildman–Crippen MR) is 147 cm³/mol. The standard InChI is InChI=1S/C27H35N9O2/c28-12-24-23(10-22(11-25(24)29)34(6-8-37)7-9-38)26-18-36(33-32-26)17-21-16-35-15-20(4-5-27(35)31-21)14-30-13-19-2-1-3-19/h4-5,10-12,15-16,18-19,28,30,37-38H,1-3,6-9,13-14,17,29H2. The minimum absolute atomic E-state index is 0.0603. The van der Waals surface area contributed by atoms with Crippen molar-refractivity contribution in [3.8, 4) is 11.3 Å². The van der Waals surface area contributed by atoms with Crippen LogP contribution in [0, 0.1) is 11.3 Å². The van der Waals surface area contributed by atoms with Crippen molar-refractivity contribution in [1.82, 2.24) is 29.7 Å². The van der Waals surface area contributed by atoms with Crippen molar-refractivity contribution < 1.29 is 10.2 Å². The van der Waals surface area contributed by atoms with Crippen molar-refractivity contribution >= 4 is 23.2 Å². The van der Waals surface area contributed by atoms with Crippen molar-refractivity contribution in [1.29, 1.82) is 5.41 Å². The zero-order chi connectivity index (χ0) is 26.5. The second-order valence-corrected chi connectivity index (χ2v) is 9.84. The van der Waals surface area contributed by atoms with Gasteiger partial charge in [-0.15, -0.1) is 5.10 Å². The first kappa shape index (κ1) is 25.8. The Hall–Kier alpha value is -3.80. The van der Waals surface area contributed by atoms with E-state index in [9.17, 15) is 10.2 Å². The van der Waals surface area contributed by atoms with Crippen LogP contribution in [-0.2, 0) is 13.1 Å². The molecule has 0 bridgehead atoms. The average molecular weight is 518 g/mol. The third-order valence-corrected chi connectivity index (χ3v) is 7.13. The van der Waals surface area contributed by atoms with Crippen LogP contribution in [0.4, 0.5) is 11.4 Å². The summed E-state index contributed by atoms with van der Waals surface area (Å²) in [5, 5.41) is 39.0. The van der Waals surface area contributed by atoms with E-state index in [1.807, 2.05) is 33.8 Å². The van der Waals surface area contributed by atoms with Crippen LogP contribution in [0.15, 0.2) is 42.9 Å². The smallest absolute Gasteiger partial charge is 0.137 e. The number of hydrogen-bond acceptors (Lipinski definition) is 9. The molecule has 3 heterocycles. The molecule has 0 saturated heterocycles. The number of hydrogen-bond donors (Lipinski definition) is 5. The monoisotopic (exact) mass is 517 g/mol. The number of aliphatic hydroxyl groups is 2. The second-order valence-electron chi connectivity index (χ2n) is 9.84. The maximum Gasteiger partial charge on any atom is 0.137 e. The van der Waals surface area contributed by atoms with E-state index in [0.29, 0.717) is 42.1 Å². The van der Waals surface area contributed by atoms with Crippen LogP contribution >= 0.6 is 0 Å². The fraction of sp³-hybridized carbons (Fsp3) is 0.407. The Bertz CT molecular complexity index is 1390. The van der Waals surface area contributed by atoms with Crippen LogP contribution < -0.4 is 16.0 Å². The first-order valence-corrected chi connectivity index (χ1v) is 13.1. The quantitative estimate of drug-likeness (QED) is 0.133. The Morgan fingerprint density at radius 2 is 1.95 bits per heavy atom. The Morgan fingerprint density at radius 3 is 2.66 bits per heavy atom. The summed E-state index contributed by atoms with van der Waals surface area (Å²) in [5.74, 6) is 0.833. The summed E-state index contributed by atoms with van der Waals surface area (Å²) in [7, 11) is 0. The molecule has 4 aromatic rings. The Morgan fingerprint density at radius 1 is 1.13 bits per heavy atom. The number of fused-ring (bicyclic) bond motifs is 1. The molecule has 1 aliphatic rings. The summed E-state index contributed by atoms with van der Waals surface area (Å²) >= 11 is 0. The van der Waals surface area contributed by atoms with E-state index in [1.165, 1.54) is 31.0 Å². The second kappa shape index (κ2) is 11.7. The SMILES string of the molecule is N=Cc1c(N)cc(N(CCO)CCO)cc1-c1cn(Cc2cn3cc(CNCC4CCC4)ccc3n2)nn1. The number of nitrogen functional groups attached to an aromatic ring is 1. The van der Waals surface area contributed by atoms with Gasteiger partial charge in [-0.2, -0.15) is 0 Å². The van der Waals surface area contributed by atoms with Crippen molar-refractivity contribution in [2.45, 2.75) is 32.4 Å². The van der Waals surface area contributed by atoms with Gasteiger partial charge < -0.3 is 36.0 Å². The molecule has 3 aromatic heterocycles. The molecule has 0 amide bonds. The molecule has 38 heavy (non-hydrogen) atoms. The molecule has 6 N–H and O–H groups in total. The summed E-state index contributed by atoms with van der Waals surface area (Å²) in [6.07, 6.45) is 11.2. The van der Waals surface area contributed by atoms with E-state index < -0.39 is 0 Å². The fourth-order valence-corrected chi connectivity index (χ4v) is 4.88. The van der Waals surface area contributed by atoms with Gasteiger partial charge in [0.1, 0.15) is 11.3 Å². The number of aromatic nitrogens is 5. The van der Waals surface area contributed by atoms with Crippen molar-refractivity contribution in [3.63, 3.8) is 0 Å². The number of anilines is 2. The van der Waals surface area contributed by atoms with Crippen molar-refractivity contribution in [2.24, 2.45) is 5.92 Å². The Labute approximate surface area is 221 Å². The van der Waals surface area contributed by atoms with E-state index in [4.69, 9.17) is 16.1 Å². The Balaban J connectivity index is 1.33. The van der Waals surface area contributed by atoms with Crippen LogP contribution in [-0.4, -0.2) is 73.7 Å². The fourth-order valence-electron chi connectivity index (χ4n) is 4.88. The first-order valence-electron chi connectivity index (χ1n) is 13.1. The summed E-state index contributed by atoms with van der Waals surface area (Å²) in [4.78, 5) is 6.57. The molecular formula is C27H35N9O2. The maximum atomic E-state index is 9.43. The van der Waals surface area contributed by atoms with Gasteiger partial charge in [0.25, 0.3) is 0 Å². The van der Waals surface area contributed by atoms with Crippen LogP contribution in [0.25, 0.3) is 16.9 Å². The molecule has 1 aromatic carbocycles.